The van der Waals surface area contributed by atoms with E-state index >= 15 is 0 Å². The number of aryl methyl sites for hydroxylation is 1. The normalized spacial score (nSPS) is 24.5. The SMILES string of the molecule is Cc1cccc(-c2nnc(NC(=O)C(NS(=O)(=O)CC34CCC(CC3=O)C4(C)C)C(C)C)s2)c1. The van der Waals surface area contributed by atoms with Gasteiger partial charge in [-0.15, -0.1) is 10.2 Å². The highest BCUT2D eigenvalue weighted by atomic mass is 32.2. The number of ketones is 1. The number of benzene rings is 1. The smallest absolute Gasteiger partial charge is 0.244 e. The summed E-state index contributed by atoms with van der Waals surface area (Å²) in [4.78, 5) is 25.9. The van der Waals surface area contributed by atoms with Crippen molar-refractivity contribution in [3.8, 4) is 10.6 Å². The van der Waals surface area contributed by atoms with Gasteiger partial charge in [-0.25, -0.2) is 13.1 Å². The minimum absolute atomic E-state index is 0.0298. The molecule has 34 heavy (non-hydrogen) atoms. The average Bonchev–Trinajstić information content (AvgIpc) is 3.35. The lowest BCUT2D eigenvalue weighted by Gasteiger charge is -2.36. The van der Waals surface area contributed by atoms with Gasteiger partial charge >= 0.3 is 0 Å². The maximum Gasteiger partial charge on any atom is 0.244 e. The molecule has 8 nitrogen and oxygen atoms in total. The maximum atomic E-state index is 13.2. The summed E-state index contributed by atoms with van der Waals surface area (Å²) in [5.41, 5.74) is 0.734. The zero-order valence-corrected chi connectivity index (χ0v) is 21.8. The molecule has 0 radical (unpaired) electrons. The summed E-state index contributed by atoms with van der Waals surface area (Å²) >= 11 is 1.23. The number of rotatable bonds is 8. The maximum absolute atomic E-state index is 13.2. The number of sulfonamides is 1. The van der Waals surface area contributed by atoms with E-state index in [-0.39, 0.29) is 28.8 Å². The van der Waals surface area contributed by atoms with Crippen molar-refractivity contribution in [1.29, 1.82) is 0 Å². The Morgan fingerprint density at radius 1 is 1.26 bits per heavy atom. The topological polar surface area (TPSA) is 118 Å². The fraction of sp³-hybridized carbons (Fsp3) is 0.583. The van der Waals surface area contributed by atoms with E-state index in [1.54, 1.807) is 13.8 Å². The van der Waals surface area contributed by atoms with Gasteiger partial charge in [-0.05, 0) is 43.1 Å². The molecular weight excluding hydrogens is 472 g/mol. The molecule has 2 saturated carbocycles. The largest absolute Gasteiger partial charge is 0.299 e. The number of fused-ring (bicyclic) bond motifs is 2. The fourth-order valence-electron chi connectivity index (χ4n) is 5.51. The van der Waals surface area contributed by atoms with Gasteiger partial charge in [-0.2, -0.15) is 0 Å². The minimum Gasteiger partial charge on any atom is -0.299 e. The van der Waals surface area contributed by atoms with Gasteiger partial charge in [0.2, 0.25) is 21.1 Å². The zero-order valence-electron chi connectivity index (χ0n) is 20.2. The number of Topliss-reactive ketones (excluding diaryl/α,β-unsaturated/α-hetero) is 1. The van der Waals surface area contributed by atoms with Crippen LogP contribution in [-0.4, -0.2) is 42.1 Å². The molecule has 1 heterocycles. The van der Waals surface area contributed by atoms with Crippen LogP contribution in [0.4, 0.5) is 5.13 Å². The molecule has 10 heteroatoms. The second-order valence-corrected chi connectivity index (χ2v) is 13.3. The number of anilines is 1. The van der Waals surface area contributed by atoms with Crippen molar-refractivity contribution in [1.82, 2.24) is 14.9 Å². The van der Waals surface area contributed by atoms with Gasteiger partial charge in [0.05, 0.1) is 5.75 Å². The minimum atomic E-state index is -3.90. The number of nitrogens with zero attached hydrogens (tertiary/aromatic N) is 2. The van der Waals surface area contributed by atoms with E-state index in [4.69, 9.17) is 0 Å². The van der Waals surface area contributed by atoms with Gasteiger partial charge in [0.1, 0.15) is 16.8 Å². The number of carbonyl (C=O) groups is 2. The molecule has 2 aliphatic carbocycles. The molecular formula is C24H32N4O4S2. The van der Waals surface area contributed by atoms with E-state index < -0.39 is 27.4 Å². The molecule has 1 amide bonds. The van der Waals surface area contributed by atoms with Gasteiger partial charge in [0, 0.05) is 17.4 Å². The highest BCUT2D eigenvalue weighted by Gasteiger charge is 2.65. The van der Waals surface area contributed by atoms with E-state index in [9.17, 15) is 18.0 Å². The van der Waals surface area contributed by atoms with Crippen LogP contribution in [0.2, 0.25) is 0 Å². The molecule has 2 bridgehead atoms. The summed E-state index contributed by atoms with van der Waals surface area (Å²) in [6, 6.07) is 6.82. The summed E-state index contributed by atoms with van der Waals surface area (Å²) in [5.74, 6) is -0.833. The quantitative estimate of drug-likeness (QED) is 0.565. The van der Waals surface area contributed by atoms with Crippen LogP contribution in [0, 0.1) is 29.6 Å². The van der Waals surface area contributed by atoms with E-state index in [0.717, 1.165) is 17.5 Å². The molecule has 2 aromatic rings. The molecule has 1 aromatic carbocycles. The van der Waals surface area contributed by atoms with E-state index in [2.05, 4.69) is 20.2 Å². The standard InChI is InChI=1S/C24H32N4O4S2/c1-14(2)19(20(30)25-22-27-26-21(33-22)16-8-6-7-15(3)11-16)28-34(31,32)13-24-10-9-17(12-18(24)29)23(24,4)5/h6-8,11,14,17,19,28H,9-10,12-13H2,1-5H3,(H,25,27,30). The Balaban J connectivity index is 1.48. The first kappa shape index (κ1) is 24.9. The van der Waals surface area contributed by atoms with E-state index in [1.165, 1.54) is 11.3 Å². The Morgan fingerprint density at radius 2 is 2.00 bits per heavy atom. The molecule has 3 atom stereocenters. The summed E-state index contributed by atoms with van der Waals surface area (Å²) in [6.45, 7) is 9.54. The number of nitrogens with one attached hydrogen (secondary N) is 2. The molecule has 3 unspecified atom stereocenters. The van der Waals surface area contributed by atoms with Crippen LogP contribution in [0.3, 0.4) is 0 Å². The first-order valence-corrected chi connectivity index (χ1v) is 14.1. The number of carbonyl (C=O) groups excluding carboxylic acids is 2. The lowest BCUT2D eigenvalue weighted by atomic mass is 9.70. The predicted octanol–water partition coefficient (Wildman–Crippen LogP) is 3.79. The molecule has 0 spiro atoms. The third-order valence-electron chi connectivity index (χ3n) is 7.75. The van der Waals surface area contributed by atoms with Crippen molar-refractivity contribution >= 4 is 38.2 Å². The number of amides is 1. The highest BCUT2D eigenvalue weighted by Crippen LogP contribution is 2.64. The van der Waals surface area contributed by atoms with Gasteiger partial charge in [0.15, 0.2) is 0 Å². The summed E-state index contributed by atoms with van der Waals surface area (Å²) < 4.78 is 29.0. The second-order valence-electron chi connectivity index (χ2n) is 10.5. The molecule has 2 aliphatic rings. The van der Waals surface area contributed by atoms with E-state index in [1.807, 2.05) is 45.0 Å². The first-order chi connectivity index (χ1) is 15.8. The van der Waals surface area contributed by atoms with Crippen LogP contribution in [0.5, 0.6) is 0 Å². The molecule has 4 rings (SSSR count). The monoisotopic (exact) mass is 504 g/mol. The van der Waals surface area contributed by atoms with Crippen molar-refractivity contribution in [3.63, 3.8) is 0 Å². The lowest BCUT2D eigenvalue weighted by molar-refractivity contribution is -0.128. The Bertz CT molecular complexity index is 1220. The summed E-state index contributed by atoms with van der Waals surface area (Å²) in [7, 11) is -3.90. The van der Waals surface area contributed by atoms with Gasteiger partial charge in [-0.3, -0.25) is 14.9 Å². The van der Waals surface area contributed by atoms with E-state index in [0.29, 0.717) is 23.0 Å². The van der Waals surface area contributed by atoms with Crippen LogP contribution >= 0.6 is 11.3 Å². The summed E-state index contributed by atoms with van der Waals surface area (Å²) in [5, 5.41) is 11.9. The Kier molecular flexibility index (Phi) is 6.46. The Hall–Kier alpha value is -2.17. The van der Waals surface area contributed by atoms with Crippen LogP contribution in [-0.2, 0) is 19.6 Å². The predicted molar refractivity (Wildman–Crippen MR) is 133 cm³/mol. The molecule has 2 fully saturated rings. The number of hydrogen-bond donors (Lipinski definition) is 2. The van der Waals surface area contributed by atoms with Gasteiger partial charge in [0.25, 0.3) is 0 Å². The fourth-order valence-corrected chi connectivity index (χ4v) is 8.43. The van der Waals surface area contributed by atoms with Crippen molar-refractivity contribution in [2.45, 2.75) is 59.9 Å². The molecule has 184 valence electrons. The van der Waals surface area contributed by atoms with Crippen molar-refractivity contribution in [3.05, 3.63) is 29.8 Å². The van der Waals surface area contributed by atoms with Gasteiger partial charge in [-0.1, -0.05) is 62.8 Å². The summed E-state index contributed by atoms with van der Waals surface area (Å²) in [6.07, 6.45) is 1.88. The average molecular weight is 505 g/mol. The first-order valence-electron chi connectivity index (χ1n) is 11.6. The molecule has 0 aliphatic heterocycles. The van der Waals surface area contributed by atoms with Crippen LogP contribution in [0.25, 0.3) is 10.6 Å². The Morgan fingerprint density at radius 3 is 2.59 bits per heavy atom. The third-order valence-corrected chi connectivity index (χ3v) is 10.1. The van der Waals surface area contributed by atoms with Gasteiger partial charge < -0.3 is 0 Å². The Labute approximate surface area is 205 Å². The second kappa shape index (κ2) is 8.80. The molecule has 2 N–H and O–H groups in total. The van der Waals surface area contributed by atoms with Crippen LogP contribution in [0.1, 0.15) is 52.5 Å². The zero-order chi connectivity index (χ0) is 24.9. The van der Waals surface area contributed by atoms with Crippen molar-refractivity contribution < 1.29 is 18.0 Å². The van der Waals surface area contributed by atoms with Crippen LogP contribution in [0.15, 0.2) is 24.3 Å². The molecule has 0 saturated heterocycles. The highest BCUT2D eigenvalue weighted by molar-refractivity contribution is 7.89. The number of hydrogen-bond acceptors (Lipinski definition) is 7. The lowest BCUT2D eigenvalue weighted by Crippen LogP contribution is -2.51. The van der Waals surface area contributed by atoms with Crippen LogP contribution < -0.4 is 10.0 Å². The number of aromatic nitrogens is 2. The third kappa shape index (κ3) is 4.43. The van der Waals surface area contributed by atoms with Crippen molar-refractivity contribution in [2.24, 2.45) is 22.7 Å². The molecule has 1 aromatic heterocycles. The van der Waals surface area contributed by atoms with Crippen molar-refractivity contribution in [2.75, 3.05) is 11.1 Å².